The molecule has 1 aliphatic rings. The molecule has 1 fully saturated rings. The zero-order chi connectivity index (χ0) is 18.2. The van der Waals surface area contributed by atoms with E-state index in [0.717, 1.165) is 23.0 Å². The highest BCUT2D eigenvalue weighted by Gasteiger charge is 2.14. The van der Waals surface area contributed by atoms with Crippen molar-refractivity contribution < 1.29 is 0 Å². The molecule has 0 spiro atoms. The van der Waals surface area contributed by atoms with Gasteiger partial charge in [0, 0.05) is 13.2 Å². The van der Waals surface area contributed by atoms with Crippen LogP contribution >= 0.6 is 0 Å². The molecule has 0 amide bonds. The van der Waals surface area contributed by atoms with Crippen LogP contribution in [0.15, 0.2) is 36.5 Å². The number of hydrogen-bond acceptors (Lipinski definition) is 2. The Labute approximate surface area is 153 Å². The molecule has 0 unspecified atom stereocenters. The van der Waals surface area contributed by atoms with Crippen LogP contribution in [0, 0.1) is 19.8 Å². The van der Waals surface area contributed by atoms with Gasteiger partial charge in [0.15, 0.2) is 0 Å². The zero-order valence-electron chi connectivity index (χ0n) is 16.4. The fourth-order valence-electron chi connectivity index (χ4n) is 3.35. The summed E-state index contributed by atoms with van der Waals surface area (Å²) in [6.07, 6.45) is 11.7. The average Bonchev–Trinajstić information content (AvgIpc) is 3.23. The van der Waals surface area contributed by atoms with E-state index in [1.54, 1.807) is 0 Å². The van der Waals surface area contributed by atoms with Crippen LogP contribution in [0.25, 0.3) is 11.4 Å². The molecule has 2 aromatic heterocycles. The molecule has 25 heavy (non-hydrogen) atoms. The maximum Gasteiger partial charge on any atom is 0.0883 e. The van der Waals surface area contributed by atoms with Crippen LogP contribution in [0.5, 0.6) is 0 Å². The molecule has 0 N–H and O–H groups in total. The first kappa shape index (κ1) is 19.4. The Morgan fingerprint density at radius 1 is 1.24 bits per heavy atom. The van der Waals surface area contributed by atoms with Crippen LogP contribution < -0.4 is 0 Å². The molecule has 0 aromatic carbocycles. The molecule has 0 saturated heterocycles. The number of aromatic nitrogens is 3. The third-order valence-corrected chi connectivity index (χ3v) is 5.06. The molecule has 1 aliphatic carbocycles. The minimum absolute atomic E-state index is 0.971. The van der Waals surface area contributed by atoms with Gasteiger partial charge < -0.3 is 0 Å². The summed E-state index contributed by atoms with van der Waals surface area (Å²) in [4.78, 5) is 4.36. The average molecular weight is 340 g/mol. The minimum atomic E-state index is 0.971. The van der Waals surface area contributed by atoms with Gasteiger partial charge >= 0.3 is 0 Å². The highest BCUT2D eigenvalue weighted by molar-refractivity contribution is 5.54. The molecular weight excluding hydrogens is 306 g/mol. The summed E-state index contributed by atoms with van der Waals surface area (Å²) in [5.74, 6) is 1.04. The van der Waals surface area contributed by atoms with E-state index < -0.39 is 0 Å². The zero-order valence-corrected chi connectivity index (χ0v) is 16.4. The van der Waals surface area contributed by atoms with Gasteiger partial charge in [-0.2, -0.15) is 5.10 Å². The van der Waals surface area contributed by atoms with Crippen molar-refractivity contribution >= 4 is 0 Å². The van der Waals surface area contributed by atoms with Crippen molar-refractivity contribution in [3.05, 3.63) is 47.8 Å². The molecule has 0 aliphatic heterocycles. The third kappa shape index (κ3) is 6.15. The van der Waals surface area contributed by atoms with Gasteiger partial charge in [-0.3, -0.25) is 9.67 Å². The number of hydrogen-bond donors (Lipinski definition) is 0. The van der Waals surface area contributed by atoms with Crippen molar-refractivity contribution in [2.24, 2.45) is 13.0 Å². The lowest BCUT2D eigenvalue weighted by atomic mass is 9.98. The molecule has 2 aromatic rings. The molecule has 1 saturated carbocycles. The van der Waals surface area contributed by atoms with Gasteiger partial charge in [-0.1, -0.05) is 50.8 Å². The molecule has 0 atom stereocenters. The lowest BCUT2D eigenvalue weighted by Gasteiger charge is -2.08. The van der Waals surface area contributed by atoms with Crippen molar-refractivity contribution in [3.63, 3.8) is 0 Å². The van der Waals surface area contributed by atoms with E-state index in [4.69, 9.17) is 0 Å². The van der Waals surface area contributed by atoms with E-state index in [9.17, 15) is 0 Å². The fourth-order valence-corrected chi connectivity index (χ4v) is 3.35. The lowest BCUT2D eigenvalue weighted by Crippen LogP contribution is -1.95. The van der Waals surface area contributed by atoms with Crippen molar-refractivity contribution in [2.75, 3.05) is 0 Å². The molecule has 2 heterocycles. The van der Waals surface area contributed by atoms with Crippen molar-refractivity contribution in [2.45, 2.75) is 65.7 Å². The Hall–Kier alpha value is -1.90. The highest BCUT2D eigenvalue weighted by atomic mass is 15.3. The standard InChI is InChI=1S/C11H13N3.C11H20/c1-8-4-5-10(12-7-8)11-6-9(2)13-14(11)3;1-3-10(2)8-9-11-6-4-5-7-11/h4-7H,1-3H3;11H,2-9H2,1H3. The largest absolute Gasteiger partial charge is 0.266 e. The van der Waals surface area contributed by atoms with Crippen molar-refractivity contribution in [3.8, 4) is 11.4 Å². The van der Waals surface area contributed by atoms with E-state index in [0.29, 0.717) is 0 Å². The first-order valence-corrected chi connectivity index (χ1v) is 9.60. The van der Waals surface area contributed by atoms with E-state index in [2.05, 4.69) is 29.7 Å². The van der Waals surface area contributed by atoms with E-state index >= 15 is 0 Å². The van der Waals surface area contributed by atoms with Gasteiger partial charge in [0.05, 0.1) is 17.1 Å². The quantitative estimate of drug-likeness (QED) is 0.623. The Bertz CT molecular complexity index is 661. The van der Waals surface area contributed by atoms with Crippen LogP contribution in [0.2, 0.25) is 0 Å². The van der Waals surface area contributed by atoms with E-state index in [1.807, 2.05) is 43.9 Å². The van der Waals surface area contributed by atoms with Gasteiger partial charge in [-0.05, 0) is 56.7 Å². The lowest BCUT2D eigenvalue weighted by molar-refractivity contribution is 0.500. The van der Waals surface area contributed by atoms with E-state index in [1.165, 1.54) is 56.1 Å². The number of aryl methyl sites for hydroxylation is 3. The molecule has 3 rings (SSSR count). The SMILES string of the molecule is C=C(CC)CCC1CCCC1.Cc1ccc(-c2cc(C)nn2C)nc1. The maximum absolute atomic E-state index is 4.36. The van der Waals surface area contributed by atoms with Gasteiger partial charge in [-0.15, -0.1) is 0 Å². The van der Waals surface area contributed by atoms with Crippen molar-refractivity contribution in [1.82, 2.24) is 14.8 Å². The highest BCUT2D eigenvalue weighted by Crippen LogP contribution is 2.29. The van der Waals surface area contributed by atoms with Gasteiger partial charge in [0.2, 0.25) is 0 Å². The second kappa shape index (κ2) is 9.55. The van der Waals surface area contributed by atoms with Gasteiger partial charge in [0.1, 0.15) is 0 Å². The monoisotopic (exact) mass is 339 g/mol. The second-order valence-electron chi connectivity index (χ2n) is 7.31. The van der Waals surface area contributed by atoms with Crippen LogP contribution in [-0.4, -0.2) is 14.8 Å². The first-order valence-electron chi connectivity index (χ1n) is 9.60. The van der Waals surface area contributed by atoms with Crippen molar-refractivity contribution in [1.29, 1.82) is 0 Å². The number of pyridine rings is 1. The number of rotatable bonds is 5. The summed E-state index contributed by atoms with van der Waals surface area (Å²) in [7, 11) is 1.93. The number of allylic oxidation sites excluding steroid dienone is 1. The predicted molar refractivity (Wildman–Crippen MR) is 107 cm³/mol. The van der Waals surface area contributed by atoms with Gasteiger partial charge in [0.25, 0.3) is 0 Å². The summed E-state index contributed by atoms with van der Waals surface area (Å²) in [5, 5.41) is 4.29. The third-order valence-electron chi connectivity index (χ3n) is 5.06. The molecule has 0 bridgehead atoms. The molecule has 136 valence electrons. The van der Waals surface area contributed by atoms with Crippen LogP contribution in [0.1, 0.15) is 63.1 Å². The van der Waals surface area contributed by atoms with Gasteiger partial charge in [-0.25, -0.2) is 0 Å². The predicted octanol–water partition coefficient (Wildman–Crippen LogP) is 6.02. The summed E-state index contributed by atoms with van der Waals surface area (Å²) < 4.78 is 1.85. The number of nitrogens with zero attached hydrogens (tertiary/aromatic N) is 3. The molecule has 3 heteroatoms. The molecule has 3 nitrogen and oxygen atoms in total. The molecule has 0 radical (unpaired) electrons. The Morgan fingerprint density at radius 3 is 2.48 bits per heavy atom. The smallest absolute Gasteiger partial charge is 0.0883 e. The summed E-state index contributed by atoms with van der Waals surface area (Å²) >= 11 is 0. The Balaban J connectivity index is 0.000000186. The minimum Gasteiger partial charge on any atom is -0.266 e. The fraction of sp³-hybridized carbons (Fsp3) is 0.545. The second-order valence-corrected chi connectivity index (χ2v) is 7.31. The van der Waals surface area contributed by atoms with Crippen LogP contribution in [0.3, 0.4) is 0 Å². The Morgan fingerprint density at radius 2 is 1.96 bits per heavy atom. The molecular formula is C22H33N3. The summed E-state index contributed by atoms with van der Waals surface area (Å²) in [6.45, 7) is 10.3. The van der Waals surface area contributed by atoms with Crippen LogP contribution in [0.4, 0.5) is 0 Å². The normalized spacial score (nSPS) is 14.2. The maximum atomic E-state index is 4.36. The van der Waals surface area contributed by atoms with Crippen LogP contribution in [-0.2, 0) is 7.05 Å². The topological polar surface area (TPSA) is 30.7 Å². The first-order chi connectivity index (χ1) is 12.0. The Kier molecular flexibility index (Phi) is 7.42. The summed E-state index contributed by atoms with van der Waals surface area (Å²) in [6, 6.07) is 6.12. The van der Waals surface area contributed by atoms with E-state index in [-0.39, 0.29) is 0 Å². The summed E-state index contributed by atoms with van der Waals surface area (Å²) in [5.41, 5.74) is 5.66.